The Hall–Kier alpha value is -2.88. The van der Waals surface area contributed by atoms with Gasteiger partial charge >= 0.3 is 11.9 Å². The molecule has 3 aliphatic rings. The number of aliphatic hydroxyl groups excluding tert-OH is 1. The predicted molar refractivity (Wildman–Crippen MR) is 150 cm³/mol. The highest BCUT2D eigenvalue weighted by Crippen LogP contribution is 2.53. The molecular formula is C32H44O9. The van der Waals surface area contributed by atoms with E-state index in [-0.39, 0.29) is 42.6 Å². The van der Waals surface area contributed by atoms with Gasteiger partial charge in [0.05, 0.1) is 37.2 Å². The number of allylic oxidation sites excluding steroid dienone is 1. The molecule has 1 aromatic rings. The summed E-state index contributed by atoms with van der Waals surface area (Å²) in [5.74, 6) is -2.12. The zero-order chi connectivity index (χ0) is 30.1. The molecule has 1 saturated heterocycles. The number of carbonyl (C=O) groups is 2. The van der Waals surface area contributed by atoms with Gasteiger partial charge in [0, 0.05) is 18.4 Å². The maximum absolute atomic E-state index is 13.1. The van der Waals surface area contributed by atoms with Crippen molar-refractivity contribution in [1.82, 2.24) is 0 Å². The molecule has 0 aliphatic carbocycles. The van der Waals surface area contributed by atoms with Gasteiger partial charge in [0.1, 0.15) is 23.7 Å². The summed E-state index contributed by atoms with van der Waals surface area (Å²) in [4.78, 5) is 25.9. The number of aliphatic hydroxyl groups is 1. The van der Waals surface area contributed by atoms with Crippen molar-refractivity contribution in [3.05, 3.63) is 53.3 Å². The number of phenolic OH excluding ortho intramolecular Hbond substituents is 1. The summed E-state index contributed by atoms with van der Waals surface area (Å²) in [6.07, 6.45) is 1.50. The number of benzene rings is 1. The minimum absolute atomic E-state index is 0.0141. The molecule has 3 bridgehead atoms. The van der Waals surface area contributed by atoms with Crippen LogP contribution in [0.2, 0.25) is 0 Å². The quantitative estimate of drug-likeness (QED) is 0.429. The zero-order valence-electron chi connectivity index (χ0n) is 25.1. The lowest BCUT2D eigenvalue weighted by molar-refractivity contribution is -0.340. The second kappa shape index (κ2) is 12.2. The molecule has 3 heterocycles. The fourth-order valence-corrected chi connectivity index (χ4v) is 6.26. The third kappa shape index (κ3) is 6.63. The first-order chi connectivity index (χ1) is 19.2. The van der Waals surface area contributed by atoms with E-state index in [2.05, 4.69) is 6.92 Å². The minimum Gasteiger partial charge on any atom is -0.508 e. The van der Waals surface area contributed by atoms with Gasteiger partial charge in [-0.05, 0) is 55.9 Å². The number of cyclic esters (lactones) is 1. The van der Waals surface area contributed by atoms with Gasteiger partial charge in [-0.25, -0.2) is 4.79 Å². The number of fused-ring (bicyclic) bond motifs is 2. The van der Waals surface area contributed by atoms with Crippen LogP contribution in [0.25, 0.3) is 0 Å². The summed E-state index contributed by atoms with van der Waals surface area (Å²) in [5, 5.41) is 20.1. The molecule has 1 aromatic carbocycles. The Labute approximate surface area is 242 Å². The monoisotopic (exact) mass is 572 g/mol. The first-order valence-corrected chi connectivity index (χ1v) is 14.4. The second-order valence-corrected chi connectivity index (χ2v) is 12.4. The third-order valence-corrected chi connectivity index (χ3v) is 8.80. The summed E-state index contributed by atoms with van der Waals surface area (Å²) in [6, 6.07) is 7.06. The van der Waals surface area contributed by atoms with E-state index >= 15 is 0 Å². The molecule has 3 aliphatic heterocycles. The molecule has 8 atom stereocenters. The maximum Gasteiger partial charge on any atom is 0.334 e. The Bertz CT molecular complexity index is 1190. The minimum atomic E-state index is -1.20. The first-order valence-electron chi connectivity index (χ1n) is 14.4. The lowest BCUT2D eigenvalue weighted by Crippen LogP contribution is -2.61. The predicted octanol–water partition coefficient (Wildman–Crippen LogP) is 5.11. The summed E-state index contributed by atoms with van der Waals surface area (Å²) in [5.41, 5.74) is 1.03. The van der Waals surface area contributed by atoms with Crippen LogP contribution < -0.4 is 0 Å². The van der Waals surface area contributed by atoms with Crippen molar-refractivity contribution in [2.24, 2.45) is 17.3 Å². The molecule has 1 fully saturated rings. The van der Waals surface area contributed by atoms with Gasteiger partial charge in [-0.3, -0.25) is 4.79 Å². The van der Waals surface area contributed by atoms with E-state index in [1.165, 1.54) is 13.0 Å². The Morgan fingerprint density at radius 3 is 2.54 bits per heavy atom. The van der Waals surface area contributed by atoms with Crippen molar-refractivity contribution in [2.75, 3.05) is 7.11 Å². The maximum atomic E-state index is 13.1. The van der Waals surface area contributed by atoms with Gasteiger partial charge in [-0.2, -0.15) is 0 Å². The number of hydrogen-bond donors (Lipinski definition) is 2. The number of esters is 2. The van der Waals surface area contributed by atoms with Crippen LogP contribution in [0, 0.1) is 17.3 Å². The van der Waals surface area contributed by atoms with E-state index in [4.69, 9.17) is 23.7 Å². The Kier molecular flexibility index (Phi) is 9.21. The van der Waals surface area contributed by atoms with Crippen LogP contribution >= 0.6 is 0 Å². The van der Waals surface area contributed by atoms with Crippen LogP contribution in [-0.2, 0) is 33.3 Å². The van der Waals surface area contributed by atoms with Crippen LogP contribution in [-0.4, -0.2) is 59.5 Å². The fourth-order valence-electron chi connectivity index (χ4n) is 6.26. The van der Waals surface area contributed by atoms with E-state index in [0.717, 1.165) is 17.6 Å². The number of ether oxygens (including phenoxy) is 5. The number of phenols is 1. The molecule has 9 nitrogen and oxygen atoms in total. The largest absolute Gasteiger partial charge is 0.508 e. The second-order valence-electron chi connectivity index (χ2n) is 12.4. The summed E-state index contributed by atoms with van der Waals surface area (Å²) >= 11 is 0. The highest BCUT2D eigenvalue weighted by atomic mass is 16.7. The van der Waals surface area contributed by atoms with Crippen LogP contribution in [0.3, 0.4) is 0 Å². The van der Waals surface area contributed by atoms with Crippen LogP contribution in [0.15, 0.2) is 47.7 Å². The van der Waals surface area contributed by atoms with Crippen molar-refractivity contribution in [3.8, 4) is 5.75 Å². The highest BCUT2D eigenvalue weighted by Gasteiger charge is 2.59. The van der Waals surface area contributed by atoms with E-state index in [0.29, 0.717) is 12.2 Å². The van der Waals surface area contributed by atoms with Crippen molar-refractivity contribution in [3.63, 3.8) is 0 Å². The molecule has 1 spiro atoms. The van der Waals surface area contributed by atoms with Gasteiger partial charge < -0.3 is 33.9 Å². The van der Waals surface area contributed by atoms with E-state index in [9.17, 15) is 19.8 Å². The van der Waals surface area contributed by atoms with E-state index in [1.54, 1.807) is 25.3 Å². The van der Waals surface area contributed by atoms with Gasteiger partial charge in [0.25, 0.3) is 0 Å². The van der Waals surface area contributed by atoms with Gasteiger partial charge in [0.2, 0.25) is 5.79 Å². The molecule has 9 heteroatoms. The van der Waals surface area contributed by atoms with Gasteiger partial charge in [-0.15, -0.1) is 0 Å². The average Bonchev–Trinajstić information content (AvgIpc) is 2.88. The first kappa shape index (κ1) is 31.1. The lowest BCUT2D eigenvalue weighted by Gasteiger charge is -2.56. The summed E-state index contributed by atoms with van der Waals surface area (Å²) < 4.78 is 30.7. The highest BCUT2D eigenvalue weighted by molar-refractivity contribution is 5.84. The van der Waals surface area contributed by atoms with Crippen molar-refractivity contribution in [1.29, 1.82) is 0 Å². The lowest BCUT2D eigenvalue weighted by atomic mass is 9.71. The smallest absolute Gasteiger partial charge is 0.334 e. The Morgan fingerprint density at radius 2 is 1.88 bits per heavy atom. The number of carbonyl (C=O) groups excluding carboxylic acids is 2. The molecule has 226 valence electrons. The molecule has 4 rings (SSSR count). The SMILES string of the molecule is CO[C@@H](CC[C@H](C)[C@H]1O[C@@]23C[C@H](OC(=O)C[C@H]([C@@H](C)O)OC(=O)/C=C(\O2)C(C)=CC3(C)C)[C@@H]1C)c1cccc(O)c1. The topological polar surface area (TPSA) is 121 Å². The molecule has 0 saturated carbocycles. The van der Waals surface area contributed by atoms with Gasteiger partial charge in [0.15, 0.2) is 0 Å². The van der Waals surface area contributed by atoms with Crippen molar-refractivity contribution in [2.45, 2.75) is 104 Å². The van der Waals surface area contributed by atoms with Crippen molar-refractivity contribution < 1.29 is 43.5 Å². The number of hydrogen-bond acceptors (Lipinski definition) is 9. The molecule has 41 heavy (non-hydrogen) atoms. The average molecular weight is 573 g/mol. The molecule has 0 radical (unpaired) electrons. The molecule has 2 N–H and O–H groups in total. The molecular weight excluding hydrogens is 528 g/mol. The fraction of sp³-hybridized carbons (Fsp3) is 0.625. The van der Waals surface area contributed by atoms with Gasteiger partial charge in [-0.1, -0.05) is 45.9 Å². The number of rotatable bonds is 7. The summed E-state index contributed by atoms with van der Waals surface area (Å²) in [6.45, 7) is 11.5. The standard InChI is InChI=1S/C32H44O9/c1-18(11-12-24(37-7)22-9-8-10-23(34)13-22)30-20(3)27-17-32(41-30)31(5,6)16-19(2)25(40-32)14-28(35)38-26(21(4)33)15-29(36)39-27/h8-10,13-14,16,18,20-21,24,26-27,30,33-34H,11-12,15,17H2,1-7H3/b25-14-/t18-,20-,21+,24-,26+,27-,30+,32+/m0/s1. The Balaban J connectivity index is 1.67. The number of methoxy groups -OCH3 is 1. The van der Waals surface area contributed by atoms with Crippen LogP contribution in [0.5, 0.6) is 5.75 Å². The van der Waals surface area contributed by atoms with Crippen LogP contribution in [0.1, 0.15) is 78.9 Å². The van der Waals surface area contributed by atoms with Crippen molar-refractivity contribution >= 4 is 11.9 Å². The Morgan fingerprint density at radius 1 is 1.15 bits per heavy atom. The molecule has 0 unspecified atom stereocenters. The van der Waals surface area contributed by atoms with E-state index < -0.39 is 41.5 Å². The molecule has 0 amide bonds. The molecule has 0 aromatic heterocycles. The third-order valence-electron chi connectivity index (χ3n) is 8.80. The number of aromatic hydroxyl groups is 1. The normalized spacial score (nSPS) is 33.3. The zero-order valence-corrected chi connectivity index (χ0v) is 25.1. The summed E-state index contributed by atoms with van der Waals surface area (Å²) in [7, 11) is 1.65. The van der Waals surface area contributed by atoms with Crippen LogP contribution in [0.4, 0.5) is 0 Å². The van der Waals surface area contributed by atoms with E-state index in [1.807, 2.05) is 39.8 Å².